The Balaban J connectivity index is 1.95. The van der Waals surface area contributed by atoms with Crippen LogP contribution in [-0.4, -0.2) is 60.8 Å². The van der Waals surface area contributed by atoms with E-state index in [9.17, 15) is 14.7 Å². The van der Waals surface area contributed by atoms with E-state index in [2.05, 4.69) is 33.9 Å². The molecule has 172 valence electrons. The fraction of sp³-hybridized carbons (Fsp3) is 0.280. The molecule has 3 aromatic rings. The van der Waals surface area contributed by atoms with Crippen molar-refractivity contribution in [2.24, 2.45) is 0 Å². The highest BCUT2D eigenvalue weighted by Gasteiger charge is 2.39. The molecule has 0 saturated carbocycles. The molecule has 9 heteroatoms. The minimum atomic E-state index is -0.720. The Hall–Kier alpha value is -4.34. The Morgan fingerprint density at radius 2 is 1.94 bits per heavy atom. The normalized spacial score (nSPS) is 15.6. The van der Waals surface area contributed by atoms with Gasteiger partial charge in [-0.2, -0.15) is 10.2 Å². The molecule has 0 aliphatic carbocycles. The Bertz CT molecular complexity index is 1360. The average molecular weight is 457 g/mol. The van der Waals surface area contributed by atoms with Gasteiger partial charge in [-0.15, -0.1) is 0 Å². The number of amides is 1. The van der Waals surface area contributed by atoms with Gasteiger partial charge in [0, 0.05) is 26.2 Å². The average Bonchev–Trinajstić information content (AvgIpc) is 3.24. The quantitative estimate of drug-likeness (QED) is 0.571. The lowest BCUT2D eigenvalue weighted by molar-refractivity contribution is 0.0667. The Morgan fingerprint density at radius 3 is 2.65 bits per heavy atom. The molecule has 0 fully saturated rings. The topological polar surface area (TPSA) is 113 Å². The Kier molecular flexibility index (Phi) is 6.48. The van der Waals surface area contributed by atoms with Crippen molar-refractivity contribution >= 4 is 5.91 Å². The summed E-state index contributed by atoms with van der Waals surface area (Å²) in [5.41, 5.74) is 1.03. The summed E-state index contributed by atoms with van der Waals surface area (Å²) in [5.74, 6) is 10.4. The number of benzene rings is 1. The van der Waals surface area contributed by atoms with Crippen LogP contribution < -0.4 is 5.43 Å². The summed E-state index contributed by atoms with van der Waals surface area (Å²) in [6, 6.07) is 8.57. The van der Waals surface area contributed by atoms with Crippen LogP contribution in [0, 0.1) is 23.7 Å². The molecule has 2 unspecified atom stereocenters. The van der Waals surface area contributed by atoms with Crippen LogP contribution in [0.5, 0.6) is 5.75 Å². The summed E-state index contributed by atoms with van der Waals surface area (Å²) in [5, 5.41) is 28.5. The van der Waals surface area contributed by atoms with Crippen LogP contribution in [0.15, 0.2) is 47.5 Å². The highest BCUT2D eigenvalue weighted by atomic mass is 16.3. The van der Waals surface area contributed by atoms with Crippen LogP contribution in [0.1, 0.15) is 52.7 Å². The number of aliphatic hydroxyl groups excluding tert-OH is 1. The fourth-order valence-corrected chi connectivity index (χ4v) is 3.99. The smallest absolute Gasteiger partial charge is 0.275 e. The molecule has 1 aromatic carbocycles. The molecule has 0 saturated heterocycles. The molecule has 4 rings (SSSR count). The third-order valence-corrected chi connectivity index (χ3v) is 5.52. The maximum atomic E-state index is 12.8. The predicted octanol–water partition coefficient (Wildman–Crippen LogP) is 1.17. The summed E-state index contributed by atoms with van der Waals surface area (Å²) in [6.07, 6.45) is 3.44. The third-order valence-electron chi connectivity index (χ3n) is 5.52. The summed E-state index contributed by atoms with van der Waals surface area (Å²) >= 11 is 0. The van der Waals surface area contributed by atoms with Gasteiger partial charge in [-0.25, -0.2) is 4.68 Å². The van der Waals surface area contributed by atoms with E-state index < -0.39 is 29.2 Å². The van der Waals surface area contributed by atoms with Crippen molar-refractivity contribution in [3.8, 4) is 29.4 Å². The first-order chi connectivity index (χ1) is 16.5. The highest BCUT2D eigenvalue weighted by Crippen LogP contribution is 2.35. The Morgan fingerprint density at radius 1 is 1.18 bits per heavy atom. The second-order valence-electron chi connectivity index (χ2n) is 7.75. The van der Waals surface area contributed by atoms with E-state index in [0.29, 0.717) is 17.7 Å². The molecule has 3 heterocycles. The number of rotatable bonds is 3. The molecule has 0 spiro atoms. The van der Waals surface area contributed by atoms with Gasteiger partial charge in [0.15, 0.2) is 17.1 Å². The van der Waals surface area contributed by atoms with E-state index in [0.717, 1.165) is 11.8 Å². The monoisotopic (exact) mass is 457 g/mol. The lowest BCUT2D eigenvalue weighted by Gasteiger charge is -2.37. The largest absolute Gasteiger partial charge is 0.502 e. The summed E-state index contributed by atoms with van der Waals surface area (Å²) in [4.78, 5) is 26.3. The van der Waals surface area contributed by atoms with Crippen LogP contribution in [0.4, 0.5) is 0 Å². The van der Waals surface area contributed by atoms with Gasteiger partial charge in [0.1, 0.15) is 12.6 Å². The van der Waals surface area contributed by atoms with E-state index in [-0.39, 0.29) is 18.8 Å². The van der Waals surface area contributed by atoms with Crippen LogP contribution in [0.25, 0.3) is 0 Å². The zero-order valence-corrected chi connectivity index (χ0v) is 18.8. The lowest BCUT2D eigenvalue weighted by Crippen LogP contribution is -2.46. The molecule has 1 aliphatic rings. The number of carbonyl (C=O) groups excluding carboxylic acids is 1. The number of carbonyl (C=O) groups is 1. The van der Waals surface area contributed by atoms with E-state index >= 15 is 0 Å². The van der Waals surface area contributed by atoms with Crippen molar-refractivity contribution in [1.29, 1.82) is 0 Å². The molecule has 34 heavy (non-hydrogen) atoms. The van der Waals surface area contributed by atoms with Gasteiger partial charge in [0.2, 0.25) is 5.43 Å². The van der Waals surface area contributed by atoms with Crippen molar-refractivity contribution in [2.75, 3.05) is 20.2 Å². The minimum absolute atomic E-state index is 0.161. The number of hydrogen-bond acceptors (Lipinski definition) is 6. The van der Waals surface area contributed by atoms with Crippen molar-refractivity contribution in [3.05, 3.63) is 75.5 Å². The Labute approximate surface area is 196 Å². The van der Waals surface area contributed by atoms with Gasteiger partial charge >= 0.3 is 0 Å². The van der Waals surface area contributed by atoms with Crippen molar-refractivity contribution in [2.45, 2.75) is 25.4 Å². The number of nitrogens with zero attached hydrogens (tertiary/aromatic N) is 5. The third kappa shape index (κ3) is 4.17. The van der Waals surface area contributed by atoms with Crippen molar-refractivity contribution < 1.29 is 15.0 Å². The fourth-order valence-electron chi connectivity index (χ4n) is 3.99. The zero-order chi connectivity index (χ0) is 24.2. The van der Waals surface area contributed by atoms with Crippen LogP contribution in [0.2, 0.25) is 0 Å². The standard InChI is InChI=1S/C25H23N5O4/c1-3-4-9-18-15-29(27-19(18)12-8-13-31)22(17-10-6-5-7-11-17)20-16-28(2)25(34)23-24(33)21(32)14-26-30(20)23/h5-7,10-11,14-15,20,22,31,33H,3,13,16H2,1-2H3. The van der Waals surface area contributed by atoms with Gasteiger partial charge in [0.05, 0.1) is 17.8 Å². The lowest BCUT2D eigenvalue weighted by atomic mass is 9.97. The van der Waals surface area contributed by atoms with Crippen LogP contribution >= 0.6 is 0 Å². The molecule has 1 aliphatic heterocycles. The molecular formula is C25H23N5O4. The molecule has 1 amide bonds. The van der Waals surface area contributed by atoms with Crippen molar-refractivity contribution in [3.63, 3.8) is 0 Å². The molecule has 2 N–H and O–H groups in total. The summed E-state index contributed by atoms with van der Waals surface area (Å²) < 4.78 is 3.11. The molecule has 2 aromatic heterocycles. The minimum Gasteiger partial charge on any atom is -0.502 e. The summed E-state index contributed by atoms with van der Waals surface area (Å²) in [7, 11) is 1.61. The van der Waals surface area contributed by atoms with Gasteiger partial charge in [-0.05, 0) is 11.5 Å². The number of aliphatic hydroxyl groups is 1. The van der Waals surface area contributed by atoms with Crippen LogP contribution in [-0.2, 0) is 0 Å². The second kappa shape index (κ2) is 9.65. The van der Waals surface area contributed by atoms with Gasteiger partial charge in [0.25, 0.3) is 5.91 Å². The molecule has 0 bridgehead atoms. The number of fused-ring (bicyclic) bond motifs is 1. The van der Waals surface area contributed by atoms with Crippen molar-refractivity contribution in [1.82, 2.24) is 24.5 Å². The van der Waals surface area contributed by atoms with E-state index in [1.807, 2.05) is 37.3 Å². The maximum absolute atomic E-state index is 12.8. The highest BCUT2D eigenvalue weighted by molar-refractivity contribution is 5.95. The van der Waals surface area contributed by atoms with Gasteiger partial charge < -0.3 is 15.1 Å². The van der Waals surface area contributed by atoms with E-state index in [1.165, 1.54) is 9.58 Å². The van der Waals surface area contributed by atoms with Gasteiger partial charge in [-0.1, -0.05) is 55.0 Å². The van der Waals surface area contributed by atoms with E-state index in [1.54, 1.807) is 17.9 Å². The van der Waals surface area contributed by atoms with E-state index in [4.69, 9.17) is 5.11 Å². The number of aromatic hydroxyl groups is 1. The predicted molar refractivity (Wildman–Crippen MR) is 124 cm³/mol. The first-order valence-corrected chi connectivity index (χ1v) is 10.7. The molecular weight excluding hydrogens is 434 g/mol. The molecule has 9 nitrogen and oxygen atoms in total. The first kappa shape index (κ1) is 22.8. The molecule has 2 atom stereocenters. The number of likely N-dealkylation sites (N-methyl/N-ethyl adjacent to an activating group) is 1. The summed E-state index contributed by atoms with van der Waals surface area (Å²) in [6.45, 7) is 1.89. The SMILES string of the molecule is CCC#Cc1cn(C(c2ccccc2)C2CN(C)C(=O)c3c(O)c(=O)cnn32)nc1C#CCO. The zero-order valence-electron chi connectivity index (χ0n) is 18.8. The maximum Gasteiger partial charge on any atom is 0.275 e. The van der Waals surface area contributed by atoms with Gasteiger partial charge in [-0.3, -0.25) is 14.3 Å². The molecule has 0 radical (unpaired) electrons. The number of aromatic nitrogens is 4. The first-order valence-electron chi connectivity index (χ1n) is 10.7. The van der Waals surface area contributed by atoms with Crippen LogP contribution in [0.3, 0.4) is 0 Å². The number of hydrogen-bond donors (Lipinski definition) is 2. The second-order valence-corrected chi connectivity index (χ2v) is 7.75.